The smallest absolute Gasteiger partial charge is 0.133 e. The van der Waals surface area contributed by atoms with E-state index in [1.54, 1.807) is 6.08 Å². The van der Waals surface area contributed by atoms with Crippen LogP contribution in [-0.4, -0.2) is 17.1 Å². The van der Waals surface area contributed by atoms with Crippen molar-refractivity contribution in [1.29, 1.82) is 0 Å². The van der Waals surface area contributed by atoms with Crippen molar-refractivity contribution in [1.82, 2.24) is 5.32 Å². The van der Waals surface area contributed by atoms with Crippen molar-refractivity contribution in [2.45, 2.75) is 0 Å². The molecule has 1 nitrogen and oxygen atoms in total. The Morgan fingerprint density at radius 2 is 2.62 bits per heavy atom. The topological polar surface area (TPSA) is 12.0 Å². The van der Waals surface area contributed by atoms with E-state index in [2.05, 4.69) is 11.9 Å². The van der Waals surface area contributed by atoms with Crippen LogP contribution in [-0.2, 0) is 0 Å². The number of rotatable bonds is 2. The molecule has 1 N–H and O–H groups in total. The van der Waals surface area contributed by atoms with Crippen molar-refractivity contribution in [2.75, 3.05) is 12.8 Å². The summed E-state index contributed by atoms with van der Waals surface area (Å²) in [5.41, 5.74) is 0. The lowest BCUT2D eigenvalue weighted by molar-refractivity contribution is 1.08. The Balaban J connectivity index is 3.11. The predicted molar refractivity (Wildman–Crippen MR) is 44.3 cm³/mol. The second-order valence-electron chi connectivity index (χ2n) is 1.16. The fourth-order valence-electron chi connectivity index (χ4n) is 0.228. The molecule has 0 aliphatic heterocycles. The Labute approximate surface area is 59.5 Å². The second kappa shape index (κ2) is 5.12. The molecule has 0 aliphatic carbocycles. The van der Waals surface area contributed by atoms with Crippen LogP contribution in [0.4, 0.5) is 0 Å². The monoisotopic (exact) mass is 147 g/mol. The Kier molecular flexibility index (Phi) is 5.11. The summed E-state index contributed by atoms with van der Waals surface area (Å²) in [5.74, 6) is 0. The molecule has 3 heteroatoms. The van der Waals surface area contributed by atoms with E-state index in [9.17, 15) is 0 Å². The van der Waals surface area contributed by atoms with Gasteiger partial charge in [-0.2, -0.15) is 0 Å². The number of hydrogen-bond donors (Lipinski definition) is 1. The van der Waals surface area contributed by atoms with Crippen molar-refractivity contribution >= 4 is 28.3 Å². The second-order valence-corrected chi connectivity index (χ2v) is 2.64. The van der Waals surface area contributed by atoms with Crippen LogP contribution in [0.2, 0.25) is 0 Å². The molecule has 0 aliphatic rings. The molecule has 8 heavy (non-hydrogen) atoms. The minimum absolute atomic E-state index is 0.764. The lowest BCUT2D eigenvalue weighted by Crippen LogP contribution is -2.16. The molecule has 0 atom stereocenters. The van der Waals surface area contributed by atoms with E-state index in [1.807, 2.05) is 6.26 Å². The summed E-state index contributed by atoms with van der Waals surface area (Å²) in [6.45, 7) is 4.30. The van der Waals surface area contributed by atoms with Gasteiger partial charge in [-0.15, -0.1) is 18.3 Å². The highest BCUT2D eigenvalue weighted by Gasteiger charge is 1.84. The summed E-state index contributed by atoms with van der Waals surface area (Å²) in [4.78, 5) is 0. The first-order valence-electron chi connectivity index (χ1n) is 2.24. The molecule has 0 spiro atoms. The molecule has 0 radical (unpaired) electrons. The molecule has 0 rings (SSSR count). The van der Waals surface area contributed by atoms with Crippen LogP contribution in [0.1, 0.15) is 0 Å². The van der Waals surface area contributed by atoms with Gasteiger partial charge in [-0.25, -0.2) is 0 Å². The van der Waals surface area contributed by atoms with E-state index in [0.29, 0.717) is 0 Å². The molecular formula is C5H9NS2. The quantitative estimate of drug-likeness (QED) is 0.468. The van der Waals surface area contributed by atoms with Gasteiger partial charge in [0, 0.05) is 6.54 Å². The van der Waals surface area contributed by atoms with E-state index in [1.165, 1.54) is 11.8 Å². The number of thioether (sulfide) groups is 1. The van der Waals surface area contributed by atoms with Crippen LogP contribution in [0.5, 0.6) is 0 Å². The summed E-state index contributed by atoms with van der Waals surface area (Å²) < 4.78 is 0.824. The fourth-order valence-corrected chi connectivity index (χ4v) is 0.539. The molecule has 0 unspecified atom stereocenters. The Hall–Kier alpha value is -0.0200. The SMILES string of the molecule is C=CCNC(=S)SC. The van der Waals surface area contributed by atoms with Gasteiger partial charge in [0.25, 0.3) is 0 Å². The van der Waals surface area contributed by atoms with Crippen LogP contribution in [0.15, 0.2) is 12.7 Å². The third-order valence-corrected chi connectivity index (χ3v) is 1.74. The van der Waals surface area contributed by atoms with Crippen LogP contribution >= 0.6 is 24.0 Å². The van der Waals surface area contributed by atoms with Crippen LogP contribution in [0.3, 0.4) is 0 Å². The maximum atomic E-state index is 4.82. The molecule has 0 saturated heterocycles. The van der Waals surface area contributed by atoms with Crippen molar-refractivity contribution in [2.24, 2.45) is 0 Å². The molecular weight excluding hydrogens is 138 g/mol. The van der Waals surface area contributed by atoms with E-state index < -0.39 is 0 Å². The van der Waals surface area contributed by atoms with E-state index in [0.717, 1.165) is 10.9 Å². The van der Waals surface area contributed by atoms with Crippen LogP contribution < -0.4 is 5.32 Å². The largest absolute Gasteiger partial charge is 0.368 e. The molecule has 0 fully saturated rings. The molecule has 0 saturated carbocycles. The first-order valence-corrected chi connectivity index (χ1v) is 3.87. The summed E-state index contributed by atoms with van der Waals surface area (Å²) >= 11 is 6.36. The predicted octanol–water partition coefficient (Wildman–Crippen LogP) is 1.41. The third-order valence-electron chi connectivity index (χ3n) is 0.576. The van der Waals surface area contributed by atoms with Crippen LogP contribution in [0.25, 0.3) is 0 Å². The highest BCUT2D eigenvalue weighted by Crippen LogP contribution is 1.91. The van der Waals surface area contributed by atoms with E-state index in [4.69, 9.17) is 12.2 Å². The number of nitrogens with one attached hydrogen (secondary N) is 1. The lowest BCUT2D eigenvalue weighted by Gasteiger charge is -1.98. The van der Waals surface area contributed by atoms with E-state index >= 15 is 0 Å². The molecule has 0 aromatic heterocycles. The van der Waals surface area contributed by atoms with Gasteiger partial charge in [-0.05, 0) is 6.26 Å². The Morgan fingerprint density at radius 3 is 3.00 bits per heavy atom. The standard InChI is InChI=1S/C5H9NS2/c1-3-4-6-5(7)8-2/h3H,1,4H2,2H3,(H,6,7). The summed E-state index contributed by atoms with van der Waals surface area (Å²) in [7, 11) is 0. The van der Waals surface area contributed by atoms with Gasteiger partial charge in [0.2, 0.25) is 0 Å². The van der Waals surface area contributed by atoms with Crippen molar-refractivity contribution < 1.29 is 0 Å². The van der Waals surface area contributed by atoms with Crippen molar-refractivity contribution in [3.8, 4) is 0 Å². The summed E-state index contributed by atoms with van der Waals surface area (Å²) in [6.07, 6.45) is 3.72. The first kappa shape index (κ1) is 7.98. The van der Waals surface area contributed by atoms with Gasteiger partial charge < -0.3 is 5.32 Å². The Morgan fingerprint density at radius 1 is 2.00 bits per heavy atom. The molecule has 0 heterocycles. The molecule has 46 valence electrons. The van der Waals surface area contributed by atoms with Gasteiger partial charge in [0.05, 0.1) is 0 Å². The average molecular weight is 147 g/mol. The molecule has 0 amide bonds. The normalized spacial score (nSPS) is 8.12. The van der Waals surface area contributed by atoms with Gasteiger partial charge in [-0.1, -0.05) is 18.3 Å². The van der Waals surface area contributed by atoms with Crippen molar-refractivity contribution in [3.63, 3.8) is 0 Å². The summed E-state index contributed by atoms with van der Waals surface area (Å²) in [5, 5.41) is 2.96. The first-order chi connectivity index (χ1) is 3.81. The van der Waals surface area contributed by atoms with Crippen molar-refractivity contribution in [3.05, 3.63) is 12.7 Å². The number of hydrogen-bond acceptors (Lipinski definition) is 2. The minimum atomic E-state index is 0.764. The van der Waals surface area contributed by atoms with Crippen LogP contribution in [0, 0.1) is 0 Å². The third kappa shape index (κ3) is 4.15. The molecule has 0 bridgehead atoms. The minimum Gasteiger partial charge on any atom is -0.368 e. The maximum absolute atomic E-state index is 4.82. The average Bonchev–Trinajstić information content (AvgIpc) is 1.83. The highest BCUT2D eigenvalue weighted by molar-refractivity contribution is 8.22. The highest BCUT2D eigenvalue weighted by atomic mass is 32.2. The van der Waals surface area contributed by atoms with Gasteiger partial charge in [0.1, 0.15) is 4.32 Å². The van der Waals surface area contributed by atoms with Gasteiger partial charge in [0.15, 0.2) is 0 Å². The van der Waals surface area contributed by atoms with E-state index in [-0.39, 0.29) is 0 Å². The zero-order chi connectivity index (χ0) is 6.41. The number of thiocarbonyl (C=S) groups is 1. The zero-order valence-corrected chi connectivity index (χ0v) is 6.44. The Bertz CT molecular complexity index is 90.4. The lowest BCUT2D eigenvalue weighted by atomic mass is 10.6. The molecule has 0 aromatic carbocycles. The summed E-state index contributed by atoms with van der Waals surface area (Å²) in [6, 6.07) is 0. The maximum Gasteiger partial charge on any atom is 0.133 e. The van der Waals surface area contributed by atoms with Gasteiger partial charge >= 0.3 is 0 Å². The molecule has 0 aromatic rings. The van der Waals surface area contributed by atoms with Gasteiger partial charge in [-0.3, -0.25) is 0 Å². The zero-order valence-electron chi connectivity index (χ0n) is 4.81. The fraction of sp³-hybridized carbons (Fsp3) is 0.400.